The summed E-state index contributed by atoms with van der Waals surface area (Å²) in [6.45, 7) is 5.60. The first-order valence-corrected chi connectivity index (χ1v) is 7.20. The Balaban J connectivity index is 2.71. The fraction of sp³-hybridized carbons (Fsp3) is 0.462. The molecular weight excluding hydrogens is 267 g/mol. The molecule has 0 saturated carbocycles. The molecule has 1 aromatic rings. The highest BCUT2D eigenvalue weighted by Gasteiger charge is 2.19. The zero-order chi connectivity index (χ0) is 14.6. The summed E-state index contributed by atoms with van der Waals surface area (Å²) in [6, 6.07) is 3.57. The van der Waals surface area contributed by atoms with Crippen LogP contribution in [0, 0.1) is 18.7 Å². The molecule has 1 rings (SSSR count). The minimum absolute atomic E-state index is 0.0457. The number of amides is 1. The summed E-state index contributed by atoms with van der Waals surface area (Å²) < 4.78 is 27.7. The van der Waals surface area contributed by atoms with Crippen molar-refractivity contribution in [2.24, 2.45) is 11.7 Å². The van der Waals surface area contributed by atoms with Crippen molar-refractivity contribution < 1.29 is 13.4 Å². The van der Waals surface area contributed by atoms with Crippen LogP contribution in [-0.2, 0) is 15.8 Å². The number of hydrogen-bond acceptors (Lipinski definition) is 3. The van der Waals surface area contributed by atoms with Crippen LogP contribution in [0.4, 0.5) is 4.39 Å². The van der Waals surface area contributed by atoms with E-state index in [9.17, 15) is 13.4 Å². The second kappa shape index (κ2) is 6.77. The van der Waals surface area contributed by atoms with Crippen LogP contribution in [0.5, 0.6) is 0 Å². The maximum atomic E-state index is 13.6. The molecule has 4 nitrogen and oxygen atoms in total. The molecule has 0 aliphatic rings. The van der Waals surface area contributed by atoms with E-state index >= 15 is 0 Å². The van der Waals surface area contributed by atoms with Crippen molar-refractivity contribution in [3.8, 4) is 0 Å². The first kappa shape index (κ1) is 15.8. The Morgan fingerprint density at radius 3 is 2.63 bits per heavy atom. The number of nitrogens with one attached hydrogen (secondary N) is 1. The quantitative estimate of drug-likeness (QED) is 0.864. The van der Waals surface area contributed by atoms with Crippen LogP contribution in [0.3, 0.4) is 0 Å². The number of halogens is 1. The summed E-state index contributed by atoms with van der Waals surface area (Å²) in [5.74, 6) is -0.881. The molecule has 0 aliphatic carbocycles. The molecule has 3 N–H and O–H groups in total. The third kappa shape index (κ3) is 4.72. The van der Waals surface area contributed by atoms with Crippen LogP contribution in [0.15, 0.2) is 23.1 Å². The SMILES string of the molecule is Cc1ccc(S(=O)NC(=O)C(N)CC(C)C)c(F)c1. The van der Waals surface area contributed by atoms with E-state index in [1.165, 1.54) is 12.1 Å². The summed E-state index contributed by atoms with van der Waals surface area (Å²) >= 11 is 0. The second-order valence-corrected chi connectivity index (χ2v) is 6.09. The molecule has 0 aliphatic heterocycles. The first-order valence-electron chi connectivity index (χ1n) is 6.05. The van der Waals surface area contributed by atoms with Gasteiger partial charge in [0.05, 0.1) is 10.9 Å². The van der Waals surface area contributed by atoms with Gasteiger partial charge in [0.1, 0.15) is 5.82 Å². The zero-order valence-corrected chi connectivity index (χ0v) is 12.1. The molecule has 0 heterocycles. The lowest BCUT2D eigenvalue weighted by Gasteiger charge is -2.13. The number of nitrogens with two attached hydrogens (primary N) is 1. The Kier molecular flexibility index (Phi) is 5.62. The third-order valence-electron chi connectivity index (χ3n) is 2.54. The summed E-state index contributed by atoms with van der Waals surface area (Å²) in [4.78, 5) is 11.6. The lowest BCUT2D eigenvalue weighted by atomic mass is 10.0. The van der Waals surface area contributed by atoms with E-state index in [1.54, 1.807) is 13.0 Å². The van der Waals surface area contributed by atoms with Crippen molar-refractivity contribution in [2.75, 3.05) is 0 Å². The van der Waals surface area contributed by atoms with Gasteiger partial charge in [-0.15, -0.1) is 0 Å². The molecule has 2 unspecified atom stereocenters. The molecule has 2 atom stereocenters. The predicted molar refractivity (Wildman–Crippen MR) is 73.1 cm³/mol. The number of carbonyl (C=O) groups is 1. The van der Waals surface area contributed by atoms with Gasteiger partial charge in [-0.2, -0.15) is 0 Å². The van der Waals surface area contributed by atoms with E-state index in [0.29, 0.717) is 6.42 Å². The van der Waals surface area contributed by atoms with Crippen LogP contribution in [-0.4, -0.2) is 16.2 Å². The van der Waals surface area contributed by atoms with Crippen LogP contribution < -0.4 is 10.5 Å². The van der Waals surface area contributed by atoms with Crippen LogP contribution in [0.2, 0.25) is 0 Å². The average molecular weight is 286 g/mol. The van der Waals surface area contributed by atoms with Gasteiger partial charge in [-0.1, -0.05) is 19.9 Å². The van der Waals surface area contributed by atoms with E-state index in [1.807, 2.05) is 13.8 Å². The summed E-state index contributed by atoms with van der Waals surface area (Å²) in [7, 11) is -1.92. The van der Waals surface area contributed by atoms with Gasteiger partial charge in [-0.05, 0) is 37.0 Å². The predicted octanol–water partition coefficient (Wildman–Crippen LogP) is 1.65. The lowest BCUT2D eigenvalue weighted by molar-refractivity contribution is -0.120. The highest BCUT2D eigenvalue weighted by molar-refractivity contribution is 7.83. The molecule has 0 fully saturated rings. The topological polar surface area (TPSA) is 72.2 Å². The van der Waals surface area contributed by atoms with Crippen LogP contribution >= 0.6 is 0 Å². The highest BCUT2D eigenvalue weighted by Crippen LogP contribution is 2.13. The Morgan fingerprint density at radius 2 is 2.11 bits per heavy atom. The van der Waals surface area contributed by atoms with Crippen molar-refractivity contribution in [3.05, 3.63) is 29.6 Å². The monoisotopic (exact) mass is 286 g/mol. The number of rotatable bonds is 5. The van der Waals surface area contributed by atoms with E-state index in [0.717, 1.165) is 5.56 Å². The van der Waals surface area contributed by atoms with Gasteiger partial charge in [0, 0.05) is 0 Å². The lowest BCUT2D eigenvalue weighted by Crippen LogP contribution is -2.42. The Hall–Kier alpha value is -1.27. The molecule has 0 bridgehead atoms. The fourth-order valence-electron chi connectivity index (χ4n) is 1.59. The van der Waals surface area contributed by atoms with Gasteiger partial charge >= 0.3 is 0 Å². The number of benzene rings is 1. The average Bonchev–Trinajstić information content (AvgIpc) is 2.27. The summed E-state index contributed by atoms with van der Waals surface area (Å²) in [6.07, 6.45) is 0.486. The van der Waals surface area contributed by atoms with Crippen molar-refractivity contribution in [2.45, 2.75) is 38.1 Å². The minimum Gasteiger partial charge on any atom is -0.320 e. The van der Waals surface area contributed by atoms with Gasteiger partial charge in [-0.3, -0.25) is 9.52 Å². The first-order chi connectivity index (χ1) is 8.81. The molecule has 0 saturated heterocycles. The fourth-order valence-corrected chi connectivity index (χ4v) is 2.46. The molecule has 1 amide bonds. The van der Waals surface area contributed by atoms with E-state index in [-0.39, 0.29) is 10.8 Å². The molecule has 106 valence electrons. The van der Waals surface area contributed by atoms with Crippen LogP contribution in [0.25, 0.3) is 0 Å². The summed E-state index contributed by atoms with van der Waals surface area (Å²) in [5, 5.41) is 0. The van der Waals surface area contributed by atoms with Gasteiger partial charge in [0.15, 0.2) is 11.0 Å². The molecule has 0 spiro atoms. The maximum Gasteiger partial charge on any atom is 0.248 e. The number of aryl methyl sites for hydroxylation is 1. The van der Waals surface area contributed by atoms with Gasteiger partial charge in [-0.25, -0.2) is 8.60 Å². The van der Waals surface area contributed by atoms with Crippen LogP contribution in [0.1, 0.15) is 25.8 Å². The van der Waals surface area contributed by atoms with E-state index < -0.39 is 28.8 Å². The number of carbonyl (C=O) groups excluding carboxylic acids is 1. The molecule has 6 heteroatoms. The third-order valence-corrected chi connectivity index (χ3v) is 3.66. The molecule has 1 aromatic carbocycles. The zero-order valence-electron chi connectivity index (χ0n) is 11.3. The van der Waals surface area contributed by atoms with Gasteiger partial charge in [0.2, 0.25) is 5.91 Å². The van der Waals surface area contributed by atoms with Crippen molar-refractivity contribution in [1.82, 2.24) is 4.72 Å². The molecule has 0 radical (unpaired) electrons. The van der Waals surface area contributed by atoms with E-state index in [4.69, 9.17) is 5.73 Å². The maximum absolute atomic E-state index is 13.6. The Morgan fingerprint density at radius 1 is 1.47 bits per heavy atom. The van der Waals surface area contributed by atoms with Crippen molar-refractivity contribution in [1.29, 1.82) is 0 Å². The Labute approximate surface area is 115 Å². The molecule has 0 aromatic heterocycles. The van der Waals surface area contributed by atoms with Crippen molar-refractivity contribution >= 4 is 16.9 Å². The molecular formula is C13H19FN2O2S. The van der Waals surface area contributed by atoms with Crippen molar-refractivity contribution in [3.63, 3.8) is 0 Å². The normalized spacial score (nSPS) is 14.2. The number of hydrogen-bond donors (Lipinski definition) is 2. The minimum atomic E-state index is -1.92. The van der Waals surface area contributed by atoms with Gasteiger partial charge < -0.3 is 5.73 Å². The second-order valence-electron chi connectivity index (χ2n) is 4.90. The largest absolute Gasteiger partial charge is 0.320 e. The Bertz CT molecular complexity index is 492. The molecule has 19 heavy (non-hydrogen) atoms. The summed E-state index contributed by atoms with van der Waals surface area (Å²) in [5.41, 5.74) is 6.39. The van der Waals surface area contributed by atoms with E-state index in [2.05, 4.69) is 4.72 Å². The van der Waals surface area contributed by atoms with Gasteiger partial charge in [0.25, 0.3) is 0 Å². The standard InChI is InChI=1S/C13H19FN2O2S/c1-8(2)6-11(15)13(17)16-19(18)12-5-4-9(3)7-10(12)14/h4-5,7-8,11H,6,15H2,1-3H3,(H,16,17). The highest BCUT2D eigenvalue weighted by atomic mass is 32.2. The smallest absolute Gasteiger partial charge is 0.248 e.